The minimum Gasteiger partial charge on any atom is -0.466 e. The largest absolute Gasteiger partial charge is 0.466 e. The first-order valence-electron chi connectivity index (χ1n) is 9.23. The second kappa shape index (κ2) is 11.5. The van der Waals surface area contributed by atoms with Gasteiger partial charge >= 0.3 is 17.9 Å². The minimum absolute atomic E-state index is 0.0554. The molecule has 0 saturated heterocycles. The average Bonchev–Trinajstić information content (AvgIpc) is 2.62. The molecule has 156 valence electrons. The van der Waals surface area contributed by atoms with Gasteiger partial charge < -0.3 is 19.9 Å². The number of hydrogen-bond acceptors (Lipinski definition) is 7. The summed E-state index contributed by atoms with van der Waals surface area (Å²) in [7, 11) is 0. The second-order valence-corrected chi connectivity index (χ2v) is 6.72. The number of nitrogens with two attached hydrogens (primary N) is 1. The van der Waals surface area contributed by atoms with E-state index in [2.05, 4.69) is 0 Å². The van der Waals surface area contributed by atoms with Crippen LogP contribution in [0.4, 0.5) is 5.69 Å². The van der Waals surface area contributed by atoms with Crippen LogP contribution in [0.15, 0.2) is 6.07 Å². The highest BCUT2D eigenvalue weighted by Crippen LogP contribution is 2.31. The fourth-order valence-corrected chi connectivity index (χ4v) is 3.09. The number of hydrogen-bond donors (Lipinski definition) is 1. The quantitative estimate of drug-likeness (QED) is 0.356. The molecule has 0 aromatic heterocycles. The van der Waals surface area contributed by atoms with Crippen molar-refractivity contribution < 1.29 is 28.6 Å². The van der Waals surface area contributed by atoms with Crippen LogP contribution in [0.5, 0.6) is 0 Å². The Bertz CT molecular complexity index is 719. The SMILES string of the molecule is CCOC(=O)C[C@H](CCc1cc(Cl)c(N)c(C)c1COC(C)=O)C(=O)OCC. The molecule has 1 rings (SSSR count). The van der Waals surface area contributed by atoms with E-state index in [1.54, 1.807) is 26.8 Å². The van der Waals surface area contributed by atoms with Crippen molar-refractivity contribution in [3.63, 3.8) is 0 Å². The smallest absolute Gasteiger partial charge is 0.309 e. The van der Waals surface area contributed by atoms with E-state index in [0.717, 1.165) is 16.7 Å². The van der Waals surface area contributed by atoms with Gasteiger partial charge in [0.2, 0.25) is 0 Å². The first kappa shape index (κ1) is 23.8. The van der Waals surface area contributed by atoms with E-state index in [4.69, 9.17) is 31.5 Å². The average molecular weight is 414 g/mol. The number of halogens is 1. The van der Waals surface area contributed by atoms with Crippen LogP contribution in [-0.2, 0) is 41.6 Å². The van der Waals surface area contributed by atoms with Gasteiger partial charge in [0.1, 0.15) is 6.61 Å². The van der Waals surface area contributed by atoms with Crippen molar-refractivity contribution in [2.75, 3.05) is 18.9 Å². The fraction of sp³-hybridized carbons (Fsp3) is 0.550. The van der Waals surface area contributed by atoms with E-state index in [-0.39, 0.29) is 26.2 Å². The van der Waals surface area contributed by atoms with E-state index >= 15 is 0 Å². The summed E-state index contributed by atoms with van der Waals surface area (Å²) in [5.41, 5.74) is 8.68. The Morgan fingerprint density at radius 1 is 1.14 bits per heavy atom. The number of benzene rings is 1. The zero-order valence-electron chi connectivity index (χ0n) is 16.8. The first-order valence-corrected chi connectivity index (χ1v) is 9.60. The summed E-state index contributed by atoms with van der Waals surface area (Å²) < 4.78 is 15.2. The van der Waals surface area contributed by atoms with Gasteiger partial charge in [0, 0.05) is 6.92 Å². The standard InChI is InChI=1S/C20H28ClNO6/c1-5-26-18(24)10-15(20(25)27-6-2)8-7-14-9-17(21)19(22)12(3)16(14)11-28-13(4)23/h9,15H,5-8,10-11,22H2,1-4H3/t15-/m0/s1. The molecule has 1 aromatic carbocycles. The van der Waals surface area contributed by atoms with Crippen molar-refractivity contribution in [1.29, 1.82) is 0 Å². The molecule has 0 saturated carbocycles. The monoisotopic (exact) mass is 413 g/mol. The number of rotatable bonds is 10. The summed E-state index contributed by atoms with van der Waals surface area (Å²) in [5, 5.41) is 0.386. The van der Waals surface area contributed by atoms with Crippen molar-refractivity contribution in [2.24, 2.45) is 5.92 Å². The van der Waals surface area contributed by atoms with Crippen LogP contribution < -0.4 is 5.73 Å². The van der Waals surface area contributed by atoms with Gasteiger partial charge in [-0.2, -0.15) is 0 Å². The maximum Gasteiger partial charge on any atom is 0.309 e. The number of nitrogen functional groups attached to an aromatic ring is 1. The molecule has 0 aliphatic rings. The van der Waals surface area contributed by atoms with Crippen LogP contribution in [-0.4, -0.2) is 31.1 Å². The highest BCUT2D eigenvalue weighted by molar-refractivity contribution is 6.33. The zero-order chi connectivity index (χ0) is 21.3. The number of esters is 3. The van der Waals surface area contributed by atoms with Crippen molar-refractivity contribution in [2.45, 2.75) is 53.6 Å². The molecule has 0 aliphatic carbocycles. The lowest BCUT2D eigenvalue weighted by Gasteiger charge is -2.19. The van der Waals surface area contributed by atoms with Crippen LogP contribution in [0.25, 0.3) is 0 Å². The van der Waals surface area contributed by atoms with Crippen LogP contribution >= 0.6 is 11.6 Å². The number of aryl methyl sites for hydroxylation is 1. The molecule has 0 bridgehead atoms. The Balaban J connectivity index is 3.05. The van der Waals surface area contributed by atoms with E-state index in [9.17, 15) is 14.4 Å². The number of carbonyl (C=O) groups excluding carboxylic acids is 3. The molecule has 0 fully saturated rings. The van der Waals surface area contributed by atoms with Gasteiger partial charge in [0.25, 0.3) is 0 Å². The molecule has 7 nitrogen and oxygen atoms in total. The van der Waals surface area contributed by atoms with E-state index in [1.807, 2.05) is 0 Å². The first-order chi connectivity index (χ1) is 13.2. The van der Waals surface area contributed by atoms with E-state index in [1.165, 1.54) is 6.92 Å². The molecule has 28 heavy (non-hydrogen) atoms. The van der Waals surface area contributed by atoms with Crippen LogP contribution in [0.1, 0.15) is 50.3 Å². The van der Waals surface area contributed by atoms with Crippen molar-refractivity contribution in [3.8, 4) is 0 Å². The highest BCUT2D eigenvalue weighted by Gasteiger charge is 2.25. The minimum atomic E-state index is -0.641. The van der Waals surface area contributed by atoms with Crippen molar-refractivity contribution in [3.05, 3.63) is 27.8 Å². The fourth-order valence-electron chi connectivity index (χ4n) is 2.81. The van der Waals surface area contributed by atoms with Crippen LogP contribution in [0, 0.1) is 12.8 Å². The topological polar surface area (TPSA) is 105 Å². The number of anilines is 1. The third-order valence-electron chi connectivity index (χ3n) is 4.32. The molecule has 0 radical (unpaired) electrons. The predicted octanol–water partition coefficient (Wildman–Crippen LogP) is 3.36. The van der Waals surface area contributed by atoms with Gasteiger partial charge in [-0.1, -0.05) is 11.6 Å². The molecule has 2 N–H and O–H groups in total. The summed E-state index contributed by atoms with van der Waals surface area (Å²) in [6, 6.07) is 1.70. The van der Waals surface area contributed by atoms with Crippen molar-refractivity contribution >= 4 is 35.2 Å². The van der Waals surface area contributed by atoms with Gasteiger partial charge in [-0.25, -0.2) is 0 Å². The molecular formula is C20H28ClNO6. The Morgan fingerprint density at radius 3 is 2.36 bits per heavy atom. The third-order valence-corrected chi connectivity index (χ3v) is 4.64. The van der Waals surface area contributed by atoms with Gasteiger partial charge in [0.15, 0.2) is 0 Å². The van der Waals surface area contributed by atoms with Gasteiger partial charge in [-0.3, -0.25) is 14.4 Å². The Morgan fingerprint density at radius 2 is 1.79 bits per heavy atom. The van der Waals surface area contributed by atoms with Crippen molar-refractivity contribution in [1.82, 2.24) is 0 Å². The second-order valence-electron chi connectivity index (χ2n) is 6.31. The lowest BCUT2D eigenvalue weighted by Crippen LogP contribution is -2.23. The molecule has 1 aromatic rings. The Labute approximate surface area is 170 Å². The maximum absolute atomic E-state index is 12.2. The normalized spacial score (nSPS) is 11.6. The van der Waals surface area contributed by atoms with Crippen LogP contribution in [0.2, 0.25) is 5.02 Å². The number of carbonyl (C=O) groups is 3. The summed E-state index contributed by atoms with van der Waals surface area (Å²) in [4.78, 5) is 35.3. The molecule has 0 heterocycles. The molecule has 0 unspecified atom stereocenters. The predicted molar refractivity (Wildman–Crippen MR) is 106 cm³/mol. The Kier molecular flexibility index (Phi) is 9.79. The van der Waals surface area contributed by atoms with E-state index in [0.29, 0.717) is 23.6 Å². The zero-order valence-corrected chi connectivity index (χ0v) is 17.6. The van der Waals surface area contributed by atoms with Crippen LogP contribution in [0.3, 0.4) is 0 Å². The summed E-state index contributed by atoms with van der Waals surface area (Å²) in [5.74, 6) is -1.95. The lowest BCUT2D eigenvalue weighted by molar-refractivity contribution is -0.155. The Hall–Kier alpha value is -2.28. The lowest BCUT2D eigenvalue weighted by atomic mass is 9.92. The molecule has 1 atom stereocenters. The number of ether oxygens (including phenoxy) is 3. The van der Waals surface area contributed by atoms with Gasteiger partial charge in [-0.05, 0) is 56.4 Å². The molecular weight excluding hydrogens is 386 g/mol. The summed E-state index contributed by atoms with van der Waals surface area (Å²) in [6.07, 6.45) is 0.721. The molecule has 0 amide bonds. The molecule has 8 heteroatoms. The summed E-state index contributed by atoms with van der Waals surface area (Å²) >= 11 is 6.21. The van der Waals surface area contributed by atoms with E-state index < -0.39 is 23.8 Å². The van der Waals surface area contributed by atoms with Gasteiger partial charge in [0.05, 0.1) is 36.3 Å². The van der Waals surface area contributed by atoms with Gasteiger partial charge in [-0.15, -0.1) is 0 Å². The molecule has 0 aliphatic heterocycles. The third kappa shape index (κ3) is 7.03. The highest BCUT2D eigenvalue weighted by atomic mass is 35.5. The summed E-state index contributed by atoms with van der Waals surface area (Å²) in [6.45, 7) is 7.06. The maximum atomic E-state index is 12.2. The molecule has 0 spiro atoms.